The van der Waals surface area contributed by atoms with Crippen molar-refractivity contribution in [3.05, 3.63) is 21.6 Å². The van der Waals surface area contributed by atoms with Gasteiger partial charge in [-0.05, 0) is 44.5 Å². The Morgan fingerprint density at radius 2 is 2.08 bits per heavy atom. The standard InChI is InChI=1S/C16H23NO5SSi/c1-9(6-7-18)23-12-8-11-13(10(2)22-24(3,4)5)15(19)17(11)14(12)16(20)21/h6-7,10-11,13H,8H2,1-5H3,(H,20,21)/t10-,11+,13-/m0/s1. The molecule has 1 amide bonds. The van der Waals surface area contributed by atoms with Gasteiger partial charge in [-0.15, -0.1) is 0 Å². The molecule has 2 aliphatic heterocycles. The molecule has 2 heterocycles. The molecule has 24 heavy (non-hydrogen) atoms. The van der Waals surface area contributed by atoms with Crippen LogP contribution in [-0.2, 0) is 18.8 Å². The number of β-lactam (4-membered cyclic amide) rings is 1. The molecule has 0 aliphatic carbocycles. The molecule has 0 aromatic rings. The van der Waals surface area contributed by atoms with Gasteiger partial charge in [0, 0.05) is 11.3 Å². The lowest BCUT2D eigenvalue weighted by molar-refractivity contribution is -0.160. The fraction of sp³-hybridized carbons (Fsp3) is 0.562. The Labute approximate surface area is 147 Å². The van der Waals surface area contributed by atoms with Gasteiger partial charge in [0.25, 0.3) is 0 Å². The molecule has 2 aliphatic rings. The normalized spacial score (nSPS) is 25.5. The van der Waals surface area contributed by atoms with Crippen LogP contribution in [0.25, 0.3) is 0 Å². The quantitative estimate of drug-likeness (QED) is 0.321. The molecule has 0 radical (unpaired) electrons. The summed E-state index contributed by atoms with van der Waals surface area (Å²) in [5, 5.41) is 9.50. The maximum Gasteiger partial charge on any atom is 0.353 e. The summed E-state index contributed by atoms with van der Waals surface area (Å²) < 4.78 is 6.03. The molecule has 1 saturated heterocycles. The van der Waals surface area contributed by atoms with Crippen molar-refractivity contribution in [2.75, 3.05) is 0 Å². The molecule has 132 valence electrons. The summed E-state index contributed by atoms with van der Waals surface area (Å²) in [6, 6.07) is -0.165. The fourth-order valence-corrected chi connectivity index (χ4v) is 5.57. The molecule has 3 atom stereocenters. The van der Waals surface area contributed by atoms with E-state index in [1.807, 2.05) is 6.92 Å². The van der Waals surface area contributed by atoms with E-state index in [2.05, 4.69) is 19.6 Å². The van der Waals surface area contributed by atoms with Crippen LogP contribution in [-0.4, -0.2) is 48.6 Å². The van der Waals surface area contributed by atoms with Crippen molar-refractivity contribution in [2.24, 2.45) is 5.92 Å². The fourth-order valence-electron chi connectivity index (χ4n) is 3.26. The zero-order valence-corrected chi connectivity index (χ0v) is 16.3. The number of carboxylic acid groups (broad SMARTS) is 1. The third kappa shape index (κ3) is 3.65. The van der Waals surface area contributed by atoms with Gasteiger partial charge in [-0.2, -0.15) is 0 Å². The average molecular weight is 370 g/mol. The van der Waals surface area contributed by atoms with Crippen LogP contribution in [0, 0.1) is 5.92 Å². The summed E-state index contributed by atoms with van der Waals surface area (Å²) >= 11 is 1.25. The van der Waals surface area contributed by atoms with Crippen LogP contribution in [0.2, 0.25) is 19.6 Å². The Hall–Kier alpha value is -1.38. The number of aliphatic carboxylic acids is 1. The van der Waals surface area contributed by atoms with E-state index in [0.29, 0.717) is 22.5 Å². The van der Waals surface area contributed by atoms with Gasteiger partial charge < -0.3 is 14.4 Å². The van der Waals surface area contributed by atoms with E-state index in [1.54, 1.807) is 6.92 Å². The minimum atomic E-state index is -1.79. The van der Waals surface area contributed by atoms with Crippen LogP contribution in [0.5, 0.6) is 0 Å². The number of allylic oxidation sites excluding steroid dienone is 2. The molecule has 8 heteroatoms. The molecular formula is C16H23NO5SSi. The van der Waals surface area contributed by atoms with Crippen molar-refractivity contribution in [3.63, 3.8) is 0 Å². The Balaban J connectivity index is 2.21. The summed E-state index contributed by atoms with van der Waals surface area (Å²) in [5.41, 5.74) is 0.0464. The number of fused-ring (bicyclic) bond motifs is 1. The molecule has 0 bridgehead atoms. The number of carbonyl (C=O) groups is 3. The molecular weight excluding hydrogens is 346 g/mol. The molecule has 0 aromatic heterocycles. The first kappa shape index (κ1) is 18.9. The van der Waals surface area contributed by atoms with Gasteiger partial charge in [0.05, 0.1) is 18.1 Å². The number of hydrogen-bond acceptors (Lipinski definition) is 5. The average Bonchev–Trinajstić information content (AvgIpc) is 2.71. The lowest BCUT2D eigenvalue weighted by atomic mass is 9.83. The minimum Gasteiger partial charge on any atom is -0.477 e. The number of aldehydes is 1. The van der Waals surface area contributed by atoms with Crippen LogP contribution in [0.4, 0.5) is 0 Å². The Kier molecular flexibility index (Phi) is 5.41. The van der Waals surface area contributed by atoms with E-state index >= 15 is 0 Å². The largest absolute Gasteiger partial charge is 0.477 e. The molecule has 1 N–H and O–H groups in total. The van der Waals surface area contributed by atoms with Gasteiger partial charge in [-0.1, -0.05) is 11.8 Å². The number of carbonyl (C=O) groups excluding carboxylic acids is 2. The van der Waals surface area contributed by atoms with Gasteiger partial charge in [0.2, 0.25) is 5.91 Å². The van der Waals surface area contributed by atoms with E-state index < -0.39 is 14.3 Å². The Morgan fingerprint density at radius 1 is 1.46 bits per heavy atom. The third-order valence-electron chi connectivity index (χ3n) is 4.00. The number of carboxylic acids is 1. The minimum absolute atomic E-state index is 0.0464. The van der Waals surface area contributed by atoms with Crippen LogP contribution < -0.4 is 0 Å². The summed E-state index contributed by atoms with van der Waals surface area (Å²) in [5.74, 6) is -1.60. The van der Waals surface area contributed by atoms with Crippen molar-refractivity contribution in [3.8, 4) is 0 Å². The van der Waals surface area contributed by atoms with Gasteiger partial charge in [-0.25, -0.2) is 4.79 Å². The first-order chi connectivity index (χ1) is 11.1. The smallest absolute Gasteiger partial charge is 0.353 e. The van der Waals surface area contributed by atoms with E-state index in [9.17, 15) is 19.5 Å². The molecule has 0 saturated carbocycles. The number of thioether (sulfide) groups is 1. The van der Waals surface area contributed by atoms with Crippen LogP contribution >= 0.6 is 11.8 Å². The summed E-state index contributed by atoms with van der Waals surface area (Å²) in [7, 11) is -1.79. The van der Waals surface area contributed by atoms with Crippen molar-refractivity contribution < 1.29 is 23.9 Å². The topological polar surface area (TPSA) is 83.9 Å². The first-order valence-electron chi connectivity index (χ1n) is 7.84. The van der Waals surface area contributed by atoms with Gasteiger partial charge in [0.15, 0.2) is 8.32 Å². The highest BCUT2D eigenvalue weighted by atomic mass is 32.2. The van der Waals surface area contributed by atoms with Crippen LogP contribution in [0.3, 0.4) is 0 Å². The SMILES string of the molecule is CC(=CC=O)SC1=C(C(=O)O)N2C(=O)[C@@H]([C@H](C)O[Si](C)(C)C)[C@H]2C1. The lowest BCUT2D eigenvalue weighted by Crippen LogP contribution is -2.63. The van der Waals surface area contributed by atoms with Crippen molar-refractivity contribution in [1.29, 1.82) is 0 Å². The predicted molar refractivity (Wildman–Crippen MR) is 94.7 cm³/mol. The number of amides is 1. The Morgan fingerprint density at radius 3 is 2.58 bits per heavy atom. The Bertz CT molecular complexity index is 637. The van der Waals surface area contributed by atoms with Crippen molar-refractivity contribution in [1.82, 2.24) is 4.90 Å². The predicted octanol–water partition coefficient (Wildman–Crippen LogP) is 2.59. The molecule has 0 spiro atoms. The lowest BCUT2D eigenvalue weighted by Gasteiger charge is -2.46. The highest BCUT2D eigenvalue weighted by molar-refractivity contribution is 8.06. The van der Waals surface area contributed by atoms with Gasteiger partial charge in [-0.3, -0.25) is 9.59 Å². The summed E-state index contributed by atoms with van der Waals surface area (Å²) in [6.45, 7) is 9.83. The number of hydrogen-bond donors (Lipinski definition) is 1. The maximum atomic E-state index is 12.5. The number of nitrogens with zero attached hydrogens (tertiary/aromatic N) is 1. The highest BCUT2D eigenvalue weighted by Crippen LogP contribution is 2.49. The summed E-state index contributed by atoms with van der Waals surface area (Å²) in [4.78, 5) is 37.4. The second-order valence-electron chi connectivity index (χ2n) is 7.03. The second-order valence-corrected chi connectivity index (χ2v) is 12.8. The number of rotatable bonds is 7. The van der Waals surface area contributed by atoms with Crippen molar-refractivity contribution >= 4 is 38.2 Å². The second kappa shape index (κ2) is 6.85. The van der Waals surface area contributed by atoms with Crippen LogP contribution in [0.1, 0.15) is 20.3 Å². The first-order valence-corrected chi connectivity index (χ1v) is 12.1. The van der Waals surface area contributed by atoms with E-state index in [0.717, 1.165) is 0 Å². The molecule has 0 aromatic carbocycles. The highest BCUT2D eigenvalue weighted by Gasteiger charge is 2.57. The molecule has 6 nitrogen and oxygen atoms in total. The van der Waals surface area contributed by atoms with Crippen molar-refractivity contribution in [2.45, 2.75) is 52.1 Å². The van der Waals surface area contributed by atoms with Gasteiger partial charge >= 0.3 is 5.97 Å². The zero-order chi connectivity index (χ0) is 18.2. The van der Waals surface area contributed by atoms with E-state index in [4.69, 9.17) is 4.43 Å². The van der Waals surface area contributed by atoms with E-state index in [1.165, 1.54) is 22.7 Å². The molecule has 1 fully saturated rings. The monoisotopic (exact) mass is 369 g/mol. The van der Waals surface area contributed by atoms with E-state index in [-0.39, 0.29) is 29.7 Å². The van der Waals surface area contributed by atoms with Crippen LogP contribution in [0.15, 0.2) is 21.6 Å². The molecule has 2 rings (SSSR count). The maximum absolute atomic E-state index is 12.5. The van der Waals surface area contributed by atoms with Gasteiger partial charge in [0.1, 0.15) is 12.0 Å². The molecule has 0 unspecified atom stereocenters. The summed E-state index contributed by atoms with van der Waals surface area (Å²) in [6.07, 6.45) is 2.33. The third-order valence-corrected chi connectivity index (χ3v) is 6.15. The zero-order valence-electron chi connectivity index (χ0n) is 14.5.